The van der Waals surface area contributed by atoms with Crippen molar-refractivity contribution in [3.63, 3.8) is 0 Å². The summed E-state index contributed by atoms with van der Waals surface area (Å²) in [5.41, 5.74) is 2.06. The molecule has 4 aromatic rings. The first kappa shape index (κ1) is 26.5. The van der Waals surface area contributed by atoms with Gasteiger partial charge in [0.2, 0.25) is 0 Å². The molecule has 1 aromatic heterocycles. The molecule has 0 spiro atoms. The summed E-state index contributed by atoms with van der Waals surface area (Å²) in [5, 5.41) is 23.5. The Labute approximate surface area is 224 Å². The van der Waals surface area contributed by atoms with E-state index < -0.39 is 11.2 Å². The number of nitrogens with one attached hydrogen (secondary N) is 1. The molecule has 194 valence electrons. The van der Waals surface area contributed by atoms with Gasteiger partial charge in [-0.2, -0.15) is 0 Å². The monoisotopic (exact) mass is 529 g/mol. The van der Waals surface area contributed by atoms with E-state index in [1.807, 2.05) is 30.3 Å². The summed E-state index contributed by atoms with van der Waals surface area (Å²) in [6.07, 6.45) is 3.61. The van der Waals surface area contributed by atoms with Crippen LogP contribution < -0.4 is 20.2 Å². The summed E-state index contributed by atoms with van der Waals surface area (Å²) >= 11 is 1.28. The van der Waals surface area contributed by atoms with Crippen molar-refractivity contribution < 1.29 is 24.5 Å². The Bertz CT molecular complexity index is 1530. The third kappa shape index (κ3) is 6.22. The highest BCUT2D eigenvalue weighted by atomic mass is 32.1. The second-order valence-corrected chi connectivity index (χ2v) is 9.41. The van der Waals surface area contributed by atoms with Crippen LogP contribution in [0.2, 0.25) is 0 Å². The number of rotatable bonds is 10. The van der Waals surface area contributed by atoms with Crippen molar-refractivity contribution in [3.8, 4) is 33.4 Å². The zero-order valence-corrected chi connectivity index (χ0v) is 21.7. The van der Waals surface area contributed by atoms with Crippen molar-refractivity contribution in [1.82, 2.24) is 0 Å². The van der Waals surface area contributed by atoms with E-state index in [1.54, 1.807) is 30.3 Å². The van der Waals surface area contributed by atoms with Crippen LogP contribution in [0.3, 0.4) is 0 Å². The number of allylic oxidation sites excluding steroid dienone is 1. The minimum Gasteiger partial charge on any atom is -0.504 e. The van der Waals surface area contributed by atoms with Crippen LogP contribution in [0.4, 0.5) is 5.00 Å². The number of methoxy groups -OCH3 is 2. The molecule has 4 rings (SSSR count). The van der Waals surface area contributed by atoms with E-state index in [9.17, 15) is 19.8 Å². The first-order chi connectivity index (χ1) is 18.4. The Morgan fingerprint density at radius 2 is 1.61 bits per heavy atom. The molecule has 8 heteroatoms. The van der Waals surface area contributed by atoms with Gasteiger partial charge in [-0.05, 0) is 59.5 Å². The minimum absolute atomic E-state index is 0.00685. The fourth-order valence-corrected chi connectivity index (χ4v) is 4.95. The lowest BCUT2D eigenvalue weighted by molar-refractivity contribution is 0.104. The van der Waals surface area contributed by atoms with Crippen molar-refractivity contribution in [2.24, 2.45) is 0 Å². The molecule has 0 atom stereocenters. The molecule has 0 bridgehead atoms. The average molecular weight is 530 g/mol. The Hall–Kier alpha value is -4.56. The molecular weight excluding hydrogens is 502 g/mol. The molecule has 0 aliphatic heterocycles. The Kier molecular flexibility index (Phi) is 8.45. The zero-order chi connectivity index (χ0) is 27.1. The normalized spacial score (nSPS) is 10.9. The first-order valence-electron chi connectivity index (χ1n) is 11.8. The second-order valence-electron chi connectivity index (χ2n) is 8.36. The Morgan fingerprint density at radius 1 is 0.921 bits per heavy atom. The van der Waals surface area contributed by atoms with Crippen molar-refractivity contribution in [1.29, 1.82) is 0 Å². The Balaban J connectivity index is 1.68. The number of benzene rings is 3. The average Bonchev–Trinajstić information content (AvgIpc) is 2.93. The van der Waals surface area contributed by atoms with Crippen molar-refractivity contribution in [2.45, 2.75) is 6.42 Å². The summed E-state index contributed by atoms with van der Waals surface area (Å²) < 4.78 is 10.3. The largest absolute Gasteiger partial charge is 0.504 e. The van der Waals surface area contributed by atoms with E-state index in [2.05, 4.69) is 5.32 Å². The maximum atomic E-state index is 13.3. The maximum absolute atomic E-state index is 13.3. The summed E-state index contributed by atoms with van der Waals surface area (Å²) in [5.74, 6) is 0.102. The lowest BCUT2D eigenvalue weighted by Gasteiger charge is -2.12. The number of aromatic hydroxyl groups is 2. The van der Waals surface area contributed by atoms with Crippen LogP contribution in [0.1, 0.15) is 21.5 Å². The number of ether oxygens (including phenoxy) is 2. The number of carbonyl (C=O) groups excluding carboxylic acids is 1. The van der Waals surface area contributed by atoms with Gasteiger partial charge in [-0.15, -0.1) is 11.3 Å². The molecule has 3 N–H and O–H groups in total. The fraction of sp³-hybridized carbons (Fsp3) is 0.133. The number of anilines is 1. The number of ketones is 1. The van der Waals surface area contributed by atoms with E-state index in [0.29, 0.717) is 34.0 Å². The molecule has 3 aromatic carbocycles. The summed E-state index contributed by atoms with van der Waals surface area (Å²) in [7, 11) is 2.90. The van der Waals surface area contributed by atoms with Crippen molar-refractivity contribution in [2.75, 3.05) is 26.1 Å². The molecule has 0 radical (unpaired) electrons. The van der Waals surface area contributed by atoms with Crippen LogP contribution in [0, 0.1) is 0 Å². The SMILES string of the molecule is COc1cc(/C=C/C(=O)c2c(NCCc3ccccc3)sc(-c3ccc(O)c(OC)c3)cc2=O)ccc1O. The summed E-state index contributed by atoms with van der Waals surface area (Å²) in [6, 6.07) is 20.9. The molecule has 0 saturated carbocycles. The number of phenols is 2. The number of carbonyl (C=O) groups is 1. The molecule has 1 heterocycles. The number of hydrogen-bond acceptors (Lipinski definition) is 8. The van der Waals surface area contributed by atoms with Crippen molar-refractivity contribution >= 4 is 28.2 Å². The van der Waals surface area contributed by atoms with E-state index in [4.69, 9.17) is 9.47 Å². The van der Waals surface area contributed by atoms with Gasteiger partial charge in [0.15, 0.2) is 34.2 Å². The van der Waals surface area contributed by atoms with Gasteiger partial charge in [0.1, 0.15) is 10.6 Å². The van der Waals surface area contributed by atoms with Crippen LogP contribution in [-0.4, -0.2) is 36.8 Å². The third-order valence-corrected chi connectivity index (χ3v) is 6.96. The van der Waals surface area contributed by atoms with Crippen LogP contribution in [0.5, 0.6) is 23.0 Å². The predicted molar refractivity (Wildman–Crippen MR) is 151 cm³/mol. The van der Waals surface area contributed by atoms with Gasteiger partial charge in [0, 0.05) is 17.5 Å². The zero-order valence-electron chi connectivity index (χ0n) is 20.9. The van der Waals surface area contributed by atoms with Crippen LogP contribution >= 0.6 is 11.3 Å². The molecule has 0 amide bonds. The summed E-state index contributed by atoms with van der Waals surface area (Å²) in [4.78, 5) is 27.1. The fourth-order valence-electron chi connectivity index (χ4n) is 3.84. The highest BCUT2D eigenvalue weighted by Gasteiger charge is 2.18. The van der Waals surface area contributed by atoms with E-state index in [1.165, 1.54) is 49.8 Å². The molecule has 0 saturated heterocycles. The van der Waals surface area contributed by atoms with Crippen molar-refractivity contribution in [3.05, 3.63) is 106 Å². The smallest absolute Gasteiger partial charge is 0.194 e. The maximum Gasteiger partial charge on any atom is 0.194 e. The van der Waals surface area contributed by atoms with Crippen LogP contribution in [-0.2, 0) is 6.42 Å². The quantitative estimate of drug-likeness (QED) is 0.177. The van der Waals surface area contributed by atoms with Gasteiger partial charge >= 0.3 is 0 Å². The molecule has 0 aliphatic carbocycles. The highest BCUT2D eigenvalue weighted by molar-refractivity contribution is 7.19. The van der Waals surface area contributed by atoms with Crippen LogP contribution in [0.15, 0.2) is 83.7 Å². The second kappa shape index (κ2) is 12.1. The third-order valence-electron chi connectivity index (χ3n) is 5.83. The first-order valence-corrected chi connectivity index (χ1v) is 12.6. The van der Waals surface area contributed by atoms with E-state index in [-0.39, 0.29) is 28.6 Å². The standard InChI is InChI=1S/C30H27NO6S/c1-36-26-16-20(8-11-22(26)32)9-12-24(34)29-25(35)18-28(21-10-13-23(33)27(17-21)37-2)38-30(29)31-15-14-19-6-4-3-5-7-19/h3-13,16-18,31-33H,14-15H2,1-2H3/b12-9+. The molecule has 0 aliphatic rings. The molecule has 0 fully saturated rings. The van der Waals surface area contributed by atoms with Crippen LogP contribution in [0.25, 0.3) is 16.5 Å². The van der Waals surface area contributed by atoms with Gasteiger partial charge < -0.3 is 25.0 Å². The molecule has 7 nitrogen and oxygen atoms in total. The summed E-state index contributed by atoms with van der Waals surface area (Å²) in [6.45, 7) is 0.515. The Morgan fingerprint density at radius 3 is 2.32 bits per heavy atom. The topological polar surface area (TPSA) is 105 Å². The highest BCUT2D eigenvalue weighted by Crippen LogP contribution is 2.35. The predicted octanol–water partition coefficient (Wildman–Crippen LogP) is 5.75. The number of phenolic OH excluding ortho intramolecular Hbond substituents is 2. The lowest BCUT2D eigenvalue weighted by Crippen LogP contribution is -2.17. The molecule has 38 heavy (non-hydrogen) atoms. The van der Waals surface area contributed by atoms with E-state index >= 15 is 0 Å². The van der Waals surface area contributed by atoms with Gasteiger partial charge in [-0.25, -0.2) is 0 Å². The van der Waals surface area contributed by atoms with Gasteiger partial charge in [-0.3, -0.25) is 9.59 Å². The minimum atomic E-state index is -0.449. The van der Waals surface area contributed by atoms with Gasteiger partial charge in [0.25, 0.3) is 0 Å². The molecule has 0 unspecified atom stereocenters. The lowest BCUT2D eigenvalue weighted by atomic mass is 10.1. The van der Waals surface area contributed by atoms with Gasteiger partial charge in [-0.1, -0.05) is 42.5 Å². The van der Waals surface area contributed by atoms with Gasteiger partial charge in [0.05, 0.1) is 14.2 Å². The van der Waals surface area contributed by atoms with E-state index in [0.717, 1.165) is 5.56 Å². The number of hydrogen-bond donors (Lipinski definition) is 3. The molecular formula is C30H27NO6S.